The minimum atomic E-state index is -0.297. The van der Waals surface area contributed by atoms with Gasteiger partial charge >= 0.3 is 0 Å². The van der Waals surface area contributed by atoms with Crippen molar-refractivity contribution in [3.8, 4) is 11.5 Å². The van der Waals surface area contributed by atoms with Gasteiger partial charge in [0.05, 0.1) is 18.5 Å². The molecule has 0 spiro atoms. The first-order chi connectivity index (χ1) is 10.1. The molecule has 6 heteroatoms. The molecule has 0 aliphatic heterocycles. The zero-order chi connectivity index (χ0) is 15.2. The molecule has 0 aliphatic carbocycles. The van der Waals surface area contributed by atoms with E-state index in [2.05, 4.69) is 10.3 Å². The number of nitrogen functional groups attached to an aromatic ring is 1. The van der Waals surface area contributed by atoms with Crippen molar-refractivity contribution in [2.45, 2.75) is 6.92 Å². The van der Waals surface area contributed by atoms with Gasteiger partial charge in [-0.3, -0.25) is 4.79 Å². The van der Waals surface area contributed by atoms with E-state index in [1.165, 1.54) is 0 Å². The summed E-state index contributed by atoms with van der Waals surface area (Å²) in [6, 6.07) is 10.4. The summed E-state index contributed by atoms with van der Waals surface area (Å²) in [4.78, 5) is 16.0. The maximum Gasteiger partial charge on any atom is 0.263 e. The number of amides is 1. The van der Waals surface area contributed by atoms with Crippen molar-refractivity contribution in [1.29, 1.82) is 0 Å². The molecule has 0 atom stereocenters. The molecule has 1 amide bonds. The van der Waals surface area contributed by atoms with Crippen LogP contribution in [0.5, 0.6) is 11.5 Å². The minimum Gasteiger partial charge on any atom is -0.497 e. The molecule has 21 heavy (non-hydrogen) atoms. The summed E-state index contributed by atoms with van der Waals surface area (Å²) in [7, 11) is 1.57. The number of carbonyl (C=O) groups is 1. The normalized spacial score (nSPS) is 10.0. The minimum absolute atomic E-state index is 0.113. The number of nitrogens with two attached hydrogens (primary N) is 1. The Bertz CT molecular complexity index is 644. The third-order valence-corrected chi connectivity index (χ3v) is 2.81. The Kier molecular flexibility index (Phi) is 4.61. The number of ether oxygens (including phenoxy) is 2. The van der Waals surface area contributed by atoms with Gasteiger partial charge in [-0.05, 0) is 31.2 Å². The van der Waals surface area contributed by atoms with Crippen LogP contribution in [0.3, 0.4) is 0 Å². The van der Waals surface area contributed by atoms with Crippen molar-refractivity contribution in [3.05, 3.63) is 42.1 Å². The fourth-order valence-electron chi connectivity index (χ4n) is 1.66. The van der Waals surface area contributed by atoms with E-state index in [4.69, 9.17) is 15.2 Å². The highest BCUT2D eigenvalue weighted by molar-refractivity contribution is 5.91. The van der Waals surface area contributed by atoms with Crippen molar-refractivity contribution < 1.29 is 14.3 Å². The molecular weight excluding hydrogens is 270 g/mol. The molecule has 6 nitrogen and oxygen atoms in total. The van der Waals surface area contributed by atoms with E-state index in [9.17, 15) is 4.79 Å². The van der Waals surface area contributed by atoms with Crippen LogP contribution < -0.4 is 20.5 Å². The van der Waals surface area contributed by atoms with E-state index in [1.807, 2.05) is 0 Å². The van der Waals surface area contributed by atoms with Crippen LogP contribution in [0.1, 0.15) is 5.69 Å². The number of pyridine rings is 1. The van der Waals surface area contributed by atoms with Crippen LogP contribution in [0.25, 0.3) is 0 Å². The second-order valence-corrected chi connectivity index (χ2v) is 4.39. The molecule has 0 bridgehead atoms. The maximum atomic E-state index is 11.8. The number of nitrogens with zero attached hydrogens (tertiary/aromatic N) is 1. The SMILES string of the molecule is COc1cccc(OCC(=O)Nc2ccc(N)c(C)n2)c1. The van der Waals surface area contributed by atoms with Gasteiger partial charge in [-0.15, -0.1) is 0 Å². The van der Waals surface area contributed by atoms with Crippen LogP contribution in [0.2, 0.25) is 0 Å². The van der Waals surface area contributed by atoms with Gasteiger partial charge in [-0.2, -0.15) is 0 Å². The fourth-order valence-corrected chi connectivity index (χ4v) is 1.66. The zero-order valence-corrected chi connectivity index (χ0v) is 11.9. The predicted octanol–water partition coefficient (Wildman–Crippen LogP) is 2.00. The Morgan fingerprint density at radius 2 is 2.05 bits per heavy atom. The van der Waals surface area contributed by atoms with Gasteiger partial charge < -0.3 is 20.5 Å². The number of hydrogen-bond acceptors (Lipinski definition) is 5. The smallest absolute Gasteiger partial charge is 0.263 e. The molecule has 0 saturated heterocycles. The Morgan fingerprint density at radius 3 is 2.76 bits per heavy atom. The van der Waals surface area contributed by atoms with E-state index >= 15 is 0 Å². The van der Waals surface area contributed by atoms with Crippen LogP contribution in [0, 0.1) is 6.92 Å². The van der Waals surface area contributed by atoms with Crippen molar-refractivity contribution in [1.82, 2.24) is 4.98 Å². The number of rotatable bonds is 5. The average Bonchev–Trinajstić information content (AvgIpc) is 2.49. The highest BCUT2D eigenvalue weighted by Crippen LogP contribution is 2.18. The summed E-state index contributed by atoms with van der Waals surface area (Å²) in [6.45, 7) is 1.66. The Labute approximate surface area is 122 Å². The molecule has 0 saturated carbocycles. The molecule has 0 aliphatic rings. The van der Waals surface area contributed by atoms with Gasteiger partial charge in [-0.1, -0.05) is 6.07 Å². The molecular formula is C15H17N3O3. The first-order valence-electron chi connectivity index (χ1n) is 6.38. The number of carbonyl (C=O) groups excluding carboxylic acids is 1. The lowest BCUT2D eigenvalue weighted by atomic mass is 10.3. The molecule has 110 valence electrons. The van der Waals surface area contributed by atoms with Crippen molar-refractivity contribution >= 4 is 17.4 Å². The zero-order valence-electron chi connectivity index (χ0n) is 11.9. The van der Waals surface area contributed by atoms with Gasteiger partial charge in [0.25, 0.3) is 5.91 Å². The van der Waals surface area contributed by atoms with Crippen LogP contribution in [-0.2, 0) is 4.79 Å². The highest BCUT2D eigenvalue weighted by atomic mass is 16.5. The molecule has 1 heterocycles. The number of hydrogen-bond donors (Lipinski definition) is 2. The third kappa shape index (κ3) is 4.10. The van der Waals surface area contributed by atoms with E-state index in [1.54, 1.807) is 50.4 Å². The van der Waals surface area contributed by atoms with Crippen LogP contribution >= 0.6 is 0 Å². The molecule has 0 radical (unpaired) electrons. The van der Waals surface area contributed by atoms with Crippen molar-refractivity contribution in [2.24, 2.45) is 0 Å². The lowest BCUT2D eigenvalue weighted by molar-refractivity contribution is -0.118. The maximum absolute atomic E-state index is 11.8. The Balaban J connectivity index is 1.91. The lowest BCUT2D eigenvalue weighted by Crippen LogP contribution is -2.21. The average molecular weight is 287 g/mol. The van der Waals surface area contributed by atoms with E-state index in [-0.39, 0.29) is 12.5 Å². The van der Waals surface area contributed by atoms with Crippen LogP contribution in [0.15, 0.2) is 36.4 Å². The summed E-state index contributed by atoms with van der Waals surface area (Å²) in [5.41, 5.74) is 6.92. The summed E-state index contributed by atoms with van der Waals surface area (Å²) in [5.74, 6) is 1.38. The summed E-state index contributed by atoms with van der Waals surface area (Å²) in [5, 5.41) is 2.65. The second-order valence-electron chi connectivity index (χ2n) is 4.39. The van der Waals surface area contributed by atoms with Gasteiger partial charge in [0.2, 0.25) is 0 Å². The number of nitrogens with one attached hydrogen (secondary N) is 1. The summed E-state index contributed by atoms with van der Waals surface area (Å²) < 4.78 is 10.5. The number of benzene rings is 1. The van der Waals surface area contributed by atoms with Gasteiger partial charge in [0.15, 0.2) is 6.61 Å². The lowest BCUT2D eigenvalue weighted by Gasteiger charge is -2.09. The number of aromatic nitrogens is 1. The van der Waals surface area contributed by atoms with Crippen LogP contribution in [-0.4, -0.2) is 24.6 Å². The van der Waals surface area contributed by atoms with Crippen LogP contribution in [0.4, 0.5) is 11.5 Å². The van der Waals surface area contributed by atoms with Gasteiger partial charge in [0.1, 0.15) is 17.3 Å². The molecule has 1 aromatic heterocycles. The number of aryl methyl sites for hydroxylation is 1. The largest absolute Gasteiger partial charge is 0.497 e. The van der Waals surface area contributed by atoms with E-state index < -0.39 is 0 Å². The molecule has 1 aromatic carbocycles. The van der Waals surface area contributed by atoms with E-state index in [0.29, 0.717) is 28.7 Å². The van der Waals surface area contributed by atoms with Crippen molar-refractivity contribution in [2.75, 3.05) is 24.8 Å². The van der Waals surface area contributed by atoms with Gasteiger partial charge in [0, 0.05) is 6.07 Å². The molecule has 0 fully saturated rings. The Hall–Kier alpha value is -2.76. The fraction of sp³-hybridized carbons (Fsp3) is 0.200. The van der Waals surface area contributed by atoms with Crippen molar-refractivity contribution in [3.63, 3.8) is 0 Å². The second kappa shape index (κ2) is 6.60. The molecule has 2 aromatic rings. The Morgan fingerprint density at radius 1 is 1.29 bits per heavy atom. The first kappa shape index (κ1) is 14.6. The third-order valence-electron chi connectivity index (χ3n) is 2.81. The highest BCUT2D eigenvalue weighted by Gasteiger charge is 2.06. The summed E-state index contributed by atoms with van der Waals surface area (Å²) in [6.07, 6.45) is 0. The topological polar surface area (TPSA) is 86.5 Å². The molecule has 2 rings (SSSR count). The number of methoxy groups -OCH3 is 1. The van der Waals surface area contributed by atoms with E-state index in [0.717, 1.165) is 0 Å². The summed E-state index contributed by atoms with van der Waals surface area (Å²) >= 11 is 0. The standard InChI is InChI=1S/C15H17N3O3/c1-10-13(16)6-7-14(17-10)18-15(19)9-21-12-5-3-4-11(8-12)20-2/h3-8H,9,16H2,1-2H3,(H,17,18,19). The quantitative estimate of drug-likeness (QED) is 0.878. The monoisotopic (exact) mass is 287 g/mol. The molecule has 0 unspecified atom stereocenters. The van der Waals surface area contributed by atoms with Gasteiger partial charge in [-0.25, -0.2) is 4.98 Å². The number of anilines is 2. The first-order valence-corrected chi connectivity index (χ1v) is 6.38. The molecule has 3 N–H and O–H groups in total. The predicted molar refractivity (Wildman–Crippen MR) is 80.5 cm³/mol.